The van der Waals surface area contributed by atoms with Crippen molar-refractivity contribution in [3.8, 4) is 0 Å². The molecule has 0 aliphatic carbocycles. The number of unbranched alkanes of at least 4 members (excludes halogenated alkanes) is 2. The smallest absolute Gasteiger partial charge is 0.253 e. The third kappa shape index (κ3) is 2.84. The molecule has 4 heteroatoms. The second-order valence-corrected chi connectivity index (χ2v) is 3.97. The highest BCUT2D eigenvalue weighted by atomic mass is 16.2. The SMILES string of the molecule is CCCCCNc1c(NCCC)c(=O)c1=O. The highest BCUT2D eigenvalue weighted by molar-refractivity contribution is 5.73. The largest absolute Gasteiger partial charge is 0.380 e. The van der Waals surface area contributed by atoms with Crippen molar-refractivity contribution in [3.63, 3.8) is 0 Å². The van der Waals surface area contributed by atoms with Crippen molar-refractivity contribution in [2.75, 3.05) is 23.7 Å². The molecule has 0 saturated heterocycles. The van der Waals surface area contributed by atoms with Gasteiger partial charge in [-0.05, 0) is 12.8 Å². The van der Waals surface area contributed by atoms with Crippen molar-refractivity contribution in [2.45, 2.75) is 39.5 Å². The molecule has 0 aromatic heterocycles. The number of hydrogen-bond acceptors (Lipinski definition) is 4. The van der Waals surface area contributed by atoms with Crippen LogP contribution in [-0.4, -0.2) is 13.1 Å². The van der Waals surface area contributed by atoms with Crippen LogP contribution in [0.1, 0.15) is 39.5 Å². The van der Waals surface area contributed by atoms with Gasteiger partial charge in [0.05, 0.1) is 0 Å². The van der Waals surface area contributed by atoms with Crippen LogP contribution in [0.25, 0.3) is 0 Å². The monoisotopic (exact) mass is 224 g/mol. The topological polar surface area (TPSA) is 58.2 Å². The summed E-state index contributed by atoms with van der Waals surface area (Å²) in [4.78, 5) is 22.5. The van der Waals surface area contributed by atoms with Gasteiger partial charge in [-0.1, -0.05) is 26.7 Å². The van der Waals surface area contributed by atoms with Gasteiger partial charge in [-0.2, -0.15) is 0 Å². The normalized spacial score (nSPS) is 10.6. The van der Waals surface area contributed by atoms with Gasteiger partial charge in [-0.25, -0.2) is 0 Å². The molecule has 0 unspecified atom stereocenters. The number of rotatable bonds is 8. The van der Waals surface area contributed by atoms with Gasteiger partial charge in [-0.15, -0.1) is 0 Å². The first-order chi connectivity index (χ1) is 7.72. The molecule has 0 aliphatic rings. The van der Waals surface area contributed by atoms with E-state index in [1.807, 2.05) is 6.92 Å². The average molecular weight is 224 g/mol. The van der Waals surface area contributed by atoms with Gasteiger partial charge < -0.3 is 10.6 Å². The summed E-state index contributed by atoms with van der Waals surface area (Å²) in [5.74, 6) is 0. The van der Waals surface area contributed by atoms with Gasteiger partial charge in [0.15, 0.2) is 0 Å². The molecule has 0 heterocycles. The van der Waals surface area contributed by atoms with Crippen molar-refractivity contribution < 1.29 is 0 Å². The Balaban J connectivity index is 2.49. The van der Waals surface area contributed by atoms with Gasteiger partial charge >= 0.3 is 0 Å². The lowest BCUT2D eigenvalue weighted by Gasteiger charge is -2.14. The summed E-state index contributed by atoms with van der Waals surface area (Å²) < 4.78 is 0. The minimum Gasteiger partial charge on any atom is -0.380 e. The number of anilines is 2. The van der Waals surface area contributed by atoms with Gasteiger partial charge in [0.25, 0.3) is 10.9 Å². The highest BCUT2D eigenvalue weighted by Gasteiger charge is 2.19. The van der Waals surface area contributed by atoms with E-state index < -0.39 is 0 Å². The van der Waals surface area contributed by atoms with E-state index >= 15 is 0 Å². The van der Waals surface area contributed by atoms with Gasteiger partial charge in [0.1, 0.15) is 11.4 Å². The predicted molar refractivity (Wildman–Crippen MR) is 68.1 cm³/mol. The Labute approximate surface area is 95.8 Å². The zero-order valence-corrected chi connectivity index (χ0v) is 10.1. The molecular formula is C12H20N2O2. The third-order valence-electron chi connectivity index (χ3n) is 2.54. The Morgan fingerprint density at radius 1 is 0.812 bits per heavy atom. The molecule has 0 atom stereocenters. The first kappa shape index (κ1) is 12.7. The fourth-order valence-corrected chi connectivity index (χ4v) is 1.57. The van der Waals surface area contributed by atoms with Crippen molar-refractivity contribution in [1.29, 1.82) is 0 Å². The van der Waals surface area contributed by atoms with E-state index in [-0.39, 0.29) is 10.9 Å². The fourth-order valence-electron chi connectivity index (χ4n) is 1.57. The Morgan fingerprint density at radius 2 is 1.38 bits per heavy atom. The van der Waals surface area contributed by atoms with Crippen LogP contribution in [0.15, 0.2) is 9.59 Å². The molecule has 90 valence electrons. The summed E-state index contributed by atoms with van der Waals surface area (Å²) in [7, 11) is 0. The second kappa shape index (κ2) is 6.30. The van der Waals surface area contributed by atoms with Crippen LogP contribution < -0.4 is 21.5 Å². The summed E-state index contributed by atoms with van der Waals surface area (Å²) in [6.07, 6.45) is 4.26. The molecule has 4 nitrogen and oxygen atoms in total. The maximum Gasteiger partial charge on any atom is 0.253 e. The summed E-state index contributed by atoms with van der Waals surface area (Å²) in [5.41, 5.74) is 0.194. The molecule has 0 fully saturated rings. The van der Waals surface area contributed by atoms with Crippen LogP contribution in [0, 0.1) is 0 Å². The first-order valence-corrected chi connectivity index (χ1v) is 6.03. The molecule has 16 heavy (non-hydrogen) atoms. The molecule has 1 rings (SSSR count). The lowest BCUT2D eigenvalue weighted by Crippen LogP contribution is -2.37. The summed E-state index contributed by atoms with van der Waals surface area (Å²) in [6.45, 7) is 5.65. The molecule has 0 bridgehead atoms. The summed E-state index contributed by atoms with van der Waals surface area (Å²) in [6, 6.07) is 0. The molecule has 0 radical (unpaired) electrons. The van der Waals surface area contributed by atoms with Crippen LogP contribution >= 0.6 is 0 Å². The van der Waals surface area contributed by atoms with Crippen LogP contribution in [0.2, 0.25) is 0 Å². The first-order valence-electron chi connectivity index (χ1n) is 6.03. The van der Waals surface area contributed by atoms with E-state index in [0.29, 0.717) is 11.4 Å². The van der Waals surface area contributed by atoms with E-state index in [1.54, 1.807) is 0 Å². The van der Waals surface area contributed by atoms with Crippen LogP contribution in [-0.2, 0) is 0 Å². The molecule has 1 aromatic carbocycles. The lowest BCUT2D eigenvalue weighted by atomic mass is 10.1. The van der Waals surface area contributed by atoms with E-state index in [2.05, 4.69) is 17.6 Å². The lowest BCUT2D eigenvalue weighted by molar-refractivity contribution is 0.743. The third-order valence-corrected chi connectivity index (χ3v) is 2.54. The predicted octanol–water partition coefficient (Wildman–Crippen LogP) is 1.71. The van der Waals surface area contributed by atoms with Crippen molar-refractivity contribution in [2.24, 2.45) is 0 Å². The Bertz CT molecular complexity index is 392. The Kier molecular flexibility index (Phi) is 5.02. The molecule has 1 aromatic rings. The van der Waals surface area contributed by atoms with Gasteiger partial charge in [-0.3, -0.25) is 9.59 Å². The molecule has 0 aliphatic heterocycles. The van der Waals surface area contributed by atoms with Gasteiger partial charge in [0.2, 0.25) is 0 Å². The summed E-state index contributed by atoms with van der Waals surface area (Å²) in [5, 5.41) is 6.03. The quantitative estimate of drug-likeness (QED) is 0.521. The van der Waals surface area contributed by atoms with E-state index in [0.717, 1.165) is 38.8 Å². The van der Waals surface area contributed by atoms with Crippen molar-refractivity contribution >= 4 is 11.4 Å². The zero-order valence-electron chi connectivity index (χ0n) is 10.1. The number of hydrogen-bond donors (Lipinski definition) is 2. The number of nitrogens with one attached hydrogen (secondary N) is 2. The van der Waals surface area contributed by atoms with E-state index in [9.17, 15) is 9.59 Å². The Hall–Kier alpha value is -1.32. The van der Waals surface area contributed by atoms with Crippen LogP contribution in [0.3, 0.4) is 0 Å². The molecule has 0 saturated carbocycles. The fraction of sp³-hybridized carbons (Fsp3) is 0.667. The van der Waals surface area contributed by atoms with Crippen molar-refractivity contribution in [3.05, 3.63) is 20.4 Å². The van der Waals surface area contributed by atoms with E-state index in [1.165, 1.54) is 0 Å². The maximum atomic E-state index is 11.3. The minimum atomic E-state index is -0.383. The van der Waals surface area contributed by atoms with Crippen LogP contribution in [0.4, 0.5) is 11.4 Å². The van der Waals surface area contributed by atoms with E-state index in [4.69, 9.17) is 0 Å². The standard InChI is InChI=1S/C12H20N2O2/c1-3-5-6-8-14-10-9(13-7-4-2)11(15)12(10)16/h13-14H,3-8H2,1-2H3. The Morgan fingerprint density at radius 3 is 1.88 bits per heavy atom. The van der Waals surface area contributed by atoms with Gasteiger partial charge in [0, 0.05) is 13.1 Å². The van der Waals surface area contributed by atoms with Crippen molar-refractivity contribution in [1.82, 2.24) is 0 Å². The maximum absolute atomic E-state index is 11.3. The average Bonchev–Trinajstić information content (AvgIpc) is 2.31. The summed E-state index contributed by atoms with van der Waals surface area (Å²) >= 11 is 0. The highest BCUT2D eigenvalue weighted by Crippen LogP contribution is 2.14. The second-order valence-electron chi connectivity index (χ2n) is 3.97. The molecule has 0 spiro atoms. The molecule has 2 N–H and O–H groups in total. The van der Waals surface area contributed by atoms with Crippen LogP contribution in [0.5, 0.6) is 0 Å². The molecular weight excluding hydrogens is 204 g/mol. The molecule has 0 amide bonds. The zero-order chi connectivity index (χ0) is 12.0. The minimum absolute atomic E-state index is 0.380.